The molecule has 0 fully saturated rings. The molecule has 0 radical (unpaired) electrons. The first-order valence-electron chi connectivity index (χ1n) is 7.25. The third-order valence-corrected chi connectivity index (χ3v) is 3.26. The number of ether oxygens (including phenoxy) is 1. The van der Waals surface area contributed by atoms with E-state index in [1.54, 1.807) is 7.11 Å². The fraction of sp³-hybridized carbons (Fsp3) is 0.375. The number of aromatic nitrogens is 2. The summed E-state index contributed by atoms with van der Waals surface area (Å²) < 4.78 is 5.10. The number of nitrogens with zero attached hydrogens (tertiary/aromatic N) is 2. The number of aryl methyl sites for hydroxylation is 1. The number of nitrogens with one attached hydrogen (secondary N) is 2. The number of nitrogen functional groups attached to an aromatic ring is 1. The van der Waals surface area contributed by atoms with Crippen molar-refractivity contribution in [3.05, 3.63) is 41.7 Å². The summed E-state index contributed by atoms with van der Waals surface area (Å²) in [6.07, 6.45) is 1.50. The van der Waals surface area contributed by atoms with Crippen LogP contribution >= 0.6 is 0 Å². The highest BCUT2D eigenvalue weighted by molar-refractivity contribution is 5.74. The molecule has 0 bridgehead atoms. The fourth-order valence-corrected chi connectivity index (χ4v) is 2.07. The average Bonchev–Trinajstić information content (AvgIpc) is 2.50. The molecule has 1 aromatic carbocycles. The van der Waals surface area contributed by atoms with Crippen molar-refractivity contribution in [1.82, 2.24) is 9.97 Å². The molecule has 22 heavy (non-hydrogen) atoms. The monoisotopic (exact) mass is 301 g/mol. The Morgan fingerprint density at radius 2 is 1.86 bits per heavy atom. The van der Waals surface area contributed by atoms with Crippen LogP contribution in [-0.4, -0.2) is 29.7 Å². The smallest absolute Gasteiger partial charge is 0.155 e. The van der Waals surface area contributed by atoms with E-state index < -0.39 is 0 Å². The SMILES string of the molecule is COCC(C)Nc1ncnc(NCc2ccc(C)cc2)c1N. The minimum atomic E-state index is 0.118. The van der Waals surface area contributed by atoms with Crippen molar-refractivity contribution in [3.8, 4) is 0 Å². The van der Waals surface area contributed by atoms with Crippen molar-refractivity contribution in [2.75, 3.05) is 30.1 Å². The lowest BCUT2D eigenvalue weighted by Gasteiger charge is -2.16. The van der Waals surface area contributed by atoms with Gasteiger partial charge in [0.2, 0.25) is 0 Å². The third kappa shape index (κ3) is 4.33. The molecule has 1 atom stereocenters. The van der Waals surface area contributed by atoms with Crippen LogP contribution in [0.3, 0.4) is 0 Å². The first-order valence-corrected chi connectivity index (χ1v) is 7.25. The second-order valence-corrected chi connectivity index (χ2v) is 5.32. The van der Waals surface area contributed by atoms with E-state index in [4.69, 9.17) is 10.5 Å². The van der Waals surface area contributed by atoms with E-state index in [9.17, 15) is 0 Å². The molecule has 4 N–H and O–H groups in total. The van der Waals surface area contributed by atoms with Gasteiger partial charge in [-0.05, 0) is 19.4 Å². The van der Waals surface area contributed by atoms with Crippen LogP contribution in [0.2, 0.25) is 0 Å². The quantitative estimate of drug-likeness (QED) is 0.728. The van der Waals surface area contributed by atoms with Gasteiger partial charge in [-0.2, -0.15) is 0 Å². The number of benzene rings is 1. The molecule has 0 amide bonds. The van der Waals surface area contributed by atoms with E-state index >= 15 is 0 Å². The van der Waals surface area contributed by atoms with Crippen molar-refractivity contribution >= 4 is 17.3 Å². The van der Waals surface area contributed by atoms with E-state index in [1.807, 2.05) is 6.92 Å². The van der Waals surface area contributed by atoms with Crippen molar-refractivity contribution in [1.29, 1.82) is 0 Å². The Balaban J connectivity index is 2.03. The number of hydrogen-bond donors (Lipinski definition) is 3. The Kier molecular flexibility index (Phi) is 5.55. The third-order valence-electron chi connectivity index (χ3n) is 3.26. The van der Waals surface area contributed by atoms with Crippen molar-refractivity contribution in [2.45, 2.75) is 26.4 Å². The highest BCUT2D eigenvalue weighted by Crippen LogP contribution is 2.23. The summed E-state index contributed by atoms with van der Waals surface area (Å²) in [4.78, 5) is 8.39. The predicted octanol–water partition coefficient (Wildman–Crippen LogP) is 2.43. The summed E-state index contributed by atoms with van der Waals surface area (Å²) in [7, 11) is 1.66. The molecule has 0 saturated carbocycles. The molecule has 1 unspecified atom stereocenters. The predicted molar refractivity (Wildman–Crippen MR) is 89.9 cm³/mol. The molecule has 1 aromatic heterocycles. The van der Waals surface area contributed by atoms with Gasteiger partial charge in [0.05, 0.1) is 6.61 Å². The topological polar surface area (TPSA) is 85.1 Å². The average molecular weight is 301 g/mol. The lowest BCUT2D eigenvalue weighted by atomic mass is 10.1. The van der Waals surface area contributed by atoms with Crippen LogP contribution in [0.15, 0.2) is 30.6 Å². The molecule has 6 heteroatoms. The second kappa shape index (κ2) is 7.61. The molecule has 0 aliphatic rings. The molecule has 0 spiro atoms. The number of rotatable bonds is 7. The van der Waals surface area contributed by atoms with Crippen molar-refractivity contribution in [2.24, 2.45) is 0 Å². The van der Waals surface area contributed by atoms with Gasteiger partial charge in [-0.15, -0.1) is 0 Å². The van der Waals surface area contributed by atoms with Gasteiger partial charge < -0.3 is 21.1 Å². The van der Waals surface area contributed by atoms with Crippen molar-refractivity contribution in [3.63, 3.8) is 0 Å². The van der Waals surface area contributed by atoms with Gasteiger partial charge in [-0.3, -0.25) is 0 Å². The van der Waals surface area contributed by atoms with Gasteiger partial charge in [0, 0.05) is 19.7 Å². The van der Waals surface area contributed by atoms with Gasteiger partial charge in [-0.25, -0.2) is 9.97 Å². The fourth-order valence-electron chi connectivity index (χ4n) is 2.07. The van der Waals surface area contributed by atoms with Gasteiger partial charge in [0.15, 0.2) is 11.6 Å². The van der Waals surface area contributed by atoms with E-state index in [0.717, 1.165) is 0 Å². The standard InChI is InChI=1S/C16H23N5O/c1-11-4-6-13(7-5-11)8-18-15-14(17)16(20-10-19-15)21-12(2)9-22-3/h4-7,10,12H,8-9,17H2,1-3H3,(H2,18,19,20,21). The maximum Gasteiger partial charge on any atom is 0.155 e. The Hall–Kier alpha value is -2.34. The van der Waals surface area contributed by atoms with Crippen molar-refractivity contribution < 1.29 is 4.74 Å². The first-order chi connectivity index (χ1) is 10.6. The van der Waals surface area contributed by atoms with Crippen LogP contribution < -0.4 is 16.4 Å². The van der Waals surface area contributed by atoms with E-state index in [2.05, 4.69) is 51.8 Å². The van der Waals surface area contributed by atoms with E-state index in [0.29, 0.717) is 30.5 Å². The van der Waals surface area contributed by atoms with Gasteiger partial charge in [0.1, 0.15) is 12.0 Å². The summed E-state index contributed by atoms with van der Waals surface area (Å²) in [5.41, 5.74) is 9.05. The molecule has 118 valence electrons. The Bertz CT molecular complexity index is 600. The van der Waals surface area contributed by atoms with Crippen LogP contribution in [0.4, 0.5) is 17.3 Å². The van der Waals surface area contributed by atoms with Gasteiger partial charge in [0.25, 0.3) is 0 Å². The first kappa shape index (κ1) is 16.0. The molecule has 0 saturated heterocycles. The maximum absolute atomic E-state index is 6.13. The number of methoxy groups -OCH3 is 1. The summed E-state index contributed by atoms with van der Waals surface area (Å²) in [5, 5.41) is 6.46. The zero-order valence-corrected chi connectivity index (χ0v) is 13.3. The molecule has 6 nitrogen and oxygen atoms in total. The summed E-state index contributed by atoms with van der Waals surface area (Å²) in [5.74, 6) is 1.24. The highest BCUT2D eigenvalue weighted by Gasteiger charge is 2.10. The summed E-state index contributed by atoms with van der Waals surface area (Å²) >= 11 is 0. The van der Waals surface area contributed by atoms with Crippen LogP contribution in [0.1, 0.15) is 18.1 Å². The molecular weight excluding hydrogens is 278 g/mol. The molecule has 0 aliphatic heterocycles. The summed E-state index contributed by atoms with van der Waals surface area (Å²) in [6, 6.07) is 8.45. The number of anilines is 3. The normalized spacial score (nSPS) is 12.0. The largest absolute Gasteiger partial charge is 0.393 e. The maximum atomic E-state index is 6.13. The van der Waals surface area contributed by atoms with E-state index in [1.165, 1.54) is 17.5 Å². The van der Waals surface area contributed by atoms with Crippen LogP contribution in [0.5, 0.6) is 0 Å². The number of hydrogen-bond acceptors (Lipinski definition) is 6. The van der Waals surface area contributed by atoms with E-state index in [-0.39, 0.29) is 6.04 Å². The zero-order valence-electron chi connectivity index (χ0n) is 13.3. The zero-order chi connectivity index (χ0) is 15.9. The van der Waals surface area contributed by atoms with Gasteiger partial charge >= 0.3 is 0 Å². The number of nitrogens with two attached hydrogens (primary N) is 1. The van der Waals surface area contributed by atoms with Crippen LogP contribution in [0, 0.1) is 6.92 Å². The van der Waals surface area contributed by atoms with Gasteiger partial charge in [-0.1, -0.05) is 29.8 Å². The van der Waals surface area contributed by atoms with Crippen LogP contribution in [-0.2, 0) is 11.3 Å². The Labute approximate surface area is 131 Å². The summed E-state index contributed by atoms with van der Waals surface area (Å²) in [6.45, 7) is 5.31. The van der Waals surface area contributed by atoms with Crippen LogP contribution in [0.25, 0.3) is 0 Å². The highest BCUT2D eigenvalue weighted by atomic mass is 16.5. The minimum absolute atomic E-state index is 0.118. The molecule has 0 aliphatic carbocycles. The molecule has 2 aromatic rings. The minimum Gasteiger partial charge on any atom is -0.393 e. The lowest BCUT2D eigenvalue weighted by molar-refractivity contribution is 0.190. The second-order valence-electron chi connectivity index (χ2n) is 5.32. The Morgan fingerprint density at radius 3 is 2.55 bits per heavy atom. The Morgan fingerprint density at radius 1 is 1.18 bits per heavy atom. The molecule has 2 rings (SSSR count). The molecule has 1 heterocycles. The lowest BCUT2D eigenvalue weighted by Crippen LogP contribution is -2.22. The molecular formula is C16H23N5O.